The molecule has 0 bridgehead atoms. The van der Waals surface area contributed by atoms with Gasteiger partial charge in [-0.15, -0.1) is 0 Å². The van der Waals surface area contributed by atoms with Crippen molar-refractivity contribution in [2.75, 3.05) is 13.2 Å². The summed E-state index contributed by atoms with van der Waals surface area (Å²) in [7, 11) is 0. The quantitative estimate of drug-likeness (QED) is 0.216. The fraction of sp³-hybridized carbons (Fsp3) is 0.850. The van der Waals surface area contributed by atoms with Gasteiger partial charge in [0.25, 0.3) is 0 Å². The first-order valence-electron chi connectivity index (χ1n) is 9.72. The summed E-state index contributed by atoms with van der Waals surface area (Å²) in [5.41, 5.74) is 0. The third kappa shape index (κ3) is 19.1. The van der Waals surface area contributed by atoms with E-state index < -0.39 is 0 Å². The molecule has 3 heteroatoms. The second-order valence-electron chi connectivity index (χ2n) is 6.22. The number of allylic oxidation sites excluding steroid dienone is 2. The van der Waals surface area contributed by atoms with Crippen LogP contribution in [0.2, 0.25) is 0 Å². The molecule has 0 aliphatic heterocycles. The Kier molecular flexibility index (Phi) is 18.5. The molecule has 0 amide bonds. The van der Waals surface area contributed by atoms with Crippen LogP contribution >= 0.6 is 0 Å². The fourth-order valence-corrected chi connectivity index (χ4v) is 2.61. The Hall–Kier alpha value is -0.830. The lowest BCUT2D eigenvalue weighted by Crippen LogP contribution is -2.03. The molecule has 0 fully saturated rings. The number of hydrogen-bond acceptors (Lipinski definition) is 3. The van der Waals surface area contributed by atoms with Gasteiger partial charge < -0.3 is 9.84 Å². The predicted octanol–water partition coefficient (Wildman–Crippen LogP) is 5.56. The van der Waals surface area contributed by atoms with E-state index in [1.54, 1.807) is 0 Å². The lowest BCUT2D eigenvalue weighted by atomic mass is 10.1. The number of aliphatic hydroxyl groups excluding tert-OH is 1. The molecule has 0 heterocycles. The maximum Gasteiger partial charge on any atom is 0.305 e. The number of aliphatic hydroxyl groups is 1. The third-order valence-electron chi connectivity index (χ3n) is 4.00. The average Bonchev–Trinajstić information content (AvgIpc) is 2.54. The standard InChI is InChI=1S/C20H38O3/c1-2-23-20(22)18-16-14-12-10-8-6-4-3-5-7-9-11-13-15-17-19-21/h3-4,21H,2,5-19H2,1H3/b4-3+. The largest absolute Gasteiger partial charge is 0.466 e. The Balaban J connectivity index is 3.12. The van der Waals surface area contributed by atoms with Gasteiger partial charge >= 0.3 is 5.97 Å². The first-order chi connectivity index (χ1) is 11.3. The molecule has 0 spiro atoms. The highest BCUT2D eigenvalue weighted by molar-refractivity contribution is 5.69. The minimum absolute atomic E-state index is 0.0520. The zero-order valence-electron chi connectivity index (χ0n) is 15.2. The Morgan fingerprint density at radius 2 is 1.26 bits per heavy atom. The van der Waals surface area contributed by atoms with Crippen molar-refractivity contribution in [3.63, 3.8) is 0 Å². The van der Waals surface area contributed by atoms with Crippen molar-refractivity contribution < 1.29 is 14.6 Å². The first-order valence-corrected chi connectivity index (χ1v) is 9.72. The van der Waals surface area contributed by atoms with Crippen molar-refractivity contribution in [1.82, 2.24) is 0 Å². The molecule has 0 saturated heterocycles. The molecule has 1 N–H and O–H groups in total. The lowest BCUT2D eigenvalue weighted by Gasteiger charge is -2.01. The monoisotopic (exact) mass is 326 g/mol. The van der Waals surface area contributed by atoms with Gasteiger partial charge in [-0.3, -0.25) is 4.79 Å². The highest BCUT2D eigenvalue weighted by Gasteiger charge is 2.00. The van der Waals surface area contributed by atoms with Crippen LogP contribution < -0.4 is 0 Å². The van der Waals surface area contributed by atoms with Gasteiger partial charge in [0.05, 0.1) is 6.61 Å². The van der Waals surface area contributed by atoms with Crippen LogP contribution in [0, 0.1) is 0 Å². The van der Waals surface area contributed by atoms with Crippen LogP contribution in [0.3, 0.4) is 0 Å². The molecule has 0 aromatic rings. The first kappa shape index (κ1) is 22.2. The van der Waals surface area contributed by atoms with E-state index in [0.717, 1.165) is 19.3 Å². The highest BCUT2D eigenvalue weighted by Crippen LogP contribution is 2.10. The van der Waals surface area contributed by atoms with Gasteiger partial charge in [0.1, 0.15) is 0 Å². The van der Waals surface area contributed by atoms with E-state index in [1.165, 1.54) is 64.2 Å². The fourth-order valence-electron chi connectivity index (χ4n) is 2.61. The maximum atomic E-state index is 11.1. The van der Waals surface area contributed by atoms with Gasteiger partial charge in [0.2, 0.25) is 0 Å². The van der Waals surface area contributed by atoms with E-state index in [4.69, 9.17) is 9.84 Å². The van der Waals surface area contributed by atoms with E-state index in [2.05, 4.69) is 12.2 Å². The summed E-state index contributed by atoms with van der Waals surface area (Å²) >= 11 is 0. The molecule has 3 nitrogen and oxygen atoms in total. The second kappa shape index (κ2) is 19.2. The Morgan fingerprint density at radius 1 is 0.783 bits per heavy atom. The van der Waals surface area contributed by atoms with E-state index in [9.17, 15) is 4.79 Å². The van der Waals surface area contributed by atoms with Gasteiger partial charge in [-0.2, -0.15) is 0 Å². The molecule has 0 atom stereocenters. The molecule has 23 heavy (non-hydrogen) atoms. The minimum atomic E-state index is -0.0520. The van der Waals surface area contributed by atoms with Crippen LogP contribution in [-0.2, 0) is 9.53 Å². The third-order valence-corrected chi connectivity index (χ3v) is 4.00. The molecule has 0 radical (unpaired) electrons. The summed E-state index contributed by atoms with van der Waals surface area (Å²) in [5.74, 6) is -0.0520. The average molecular weight is 327 g/mol. The highest BCUT2D eigenvalue weighted by atomic mass is 16.5. The minimum Gasteiger partial charge on any atom is -0.466 e. The van der Waals surface area contributed by atoms with Gasteiger partial charge in [0, 0.05) is 13.0 Å². The Morgan fingerprint density at radius 3 is 1.78 bits per heavy atom. The van der Waals surface area contributed by atoms with Crippen molar-refractivity contribution in [2.24, 2.45) is 0 Å². The van der Waals surface area contributed by atoms with Gasteiger partial charge in [0.15, 0.2) is 0 Å². The number of ether oxygens (including phenoxy) is 1. The molecular formula is C20H38O3. The Bertz CT molecular complexity index is 274. The number of esters is 1. The number of unbranched alkanes of at least 4 members (excludes halogenated alkanes) is 11. The smallest absolute Gasteiger partial charge is 0.305 e. The molecule has 0 rings (SSSR count). The number of carbonyl (C=O) groups excluding carboxylic acids is 1. The second-order valence-corrected chi connectivity index (χ2v) is 6.22. The van der Waals surface area contributed by atoms with Gasteiger partial charge in [-0.25, -0.2) is 0 Å². The summed E-state index contributed by atoms with van der Waals surface area (Å²) < 4.78 is 4.91. The van der Waals surface area contributed by atoms with Crippen LogP contribution in [0.5, 0.6) is 0 Å². The van der Waals surface area contributed by atoms with E-state index in [-0.39, 0.29) is 5.97 Å². The summed E-state index contributed by atoms with van der Waals surface area (Å²) in [4.78, 5) is 11.1. The molecule has 0 unspecified atom stereocenters. The maximum absolute atomic E-state index is 11.1. The van der Waals surface area contributed by atoms with E-state index in [1.807, 2.05) is 6.92 Å². The van der Waals surface area contributed by atoms with Crippen LogP contribution in [0.1, 0.15) is 96.8 Å². The van der Waals surface area contributed by atoms with Crippen molar-refractivity contribution in [3.05, 3.63) is 12.2 Å². The van der Waals surface area contributed by atoms with Gasteiger partial charge in [-0.1, -0.05) is 57.1 Å². The summed E-state index contributed by atoms with van der Waals surface area (Å²) in [6.45, 7) is 2.69. The topological polar surface area (TPSA) is 46.5 Å². The van der Waals surface area contributed by atoms with Crippen molar-refractivity contribution in [2.45, 2.75) is 96.8 Å². The zero-order chi connectivity index (χ0) is 17.0. The Labute approximate surface area is 143 Å². The van der Waals surface area contributed by atoms with Crippen LogP contribution in [0.25, 0.3) is 0 Å². The van der Waals surface area contributed by atoms with E-state index >= 15 is 0 Å². The molecule has 0 aromatic carbocycles. The van der Waals surface area contributed by atoms with Crippen LogP contribution in [0.4, 0.5) is 0 Å². The zero-order valence-corrected chi connectivity index (χ0v) is 15.2. The molecule has 0 aromatic heterocycles. The molecular weight excluding hydrogens is 288 g/mol. The summed E-state index contributed by atoms with van der Waals surface area (Å²) in [5, 5.41) is 8.68. The van der Waals surface area contributed by atoms with Crippen LogP contribution in [-0.4, -0.2) is 24.3 Å². The van der Waals surface area contributed by atoms with Gasteiger partial charge in [-0.05, 0) is 45.4 Å². The number of rotatable bonds is 17. The lowest BCUT2D eigenvalue weighted by molar-refractivity contribution is -0.143. The predicted molar refractivity (Wildman–Crippen MR) is 97.5 cm³/mol. The van der Waals surface area contributed by atoms with Crippen molar-refractivity contribution in [3.8, 4) is 0 Å². The van der Waals surface area contributed by atoms with Crippen LogP contribution in [0.15, 0.2) is 12.2 Å². The SMILES string of the molecule is CCOC(=O)CCCCCCC/C=C/CCCCCCCCO. The summed E-state index contributed by atoms with van der Waals surface area (Å²) in [6, 6.07) is 0. The molecule has 0 aliphatic carbocycles. The van der Waals surface area contributed by atoms with Crippen molar-refractivity contribution >= 4 is 5.97 Å². The normalized spacial score (nSPS) is 11.2. The summed E-state index contributed by atoms with van der Waals surface area (Å²) in [6.07, 6.45) is 20.8. The number of carbonyl (C=O) groups is 1. The molecule has 0 saturated carbocycles. The van der Waals surface area contributed by atoms with E-state index in [0.29, 0.717) is 19.6 Å². The molecule has 0 aliphatic rings. The number of hydrogen-bond donors (Lipinski definition) is 1. The van der Waals surface area contributed by atoms with Crippen molar-refractivity contribution in [1.29, 1.82) is 0 Å². The molecule has 136 valence electrons.